The molecule has 1 fully saturated rings. The monoisotopic (exact) mass is 284 g/mol. The second kappa shape index (κ2) is 10.6. The first-order valence-corrected chi connectivity index (χ1v) is 8.66. The summed E-state index contributed by atoms with van der Waals surface area (Å²) in [5, 5.41) is 14.9. The van der Waals surface area contributed by atoms with Crippen molar-refractivity contribution in [1.29, 1.82) is 0 Å². The molecule has 0 aromatic heterocycles. The summed E-state index contributed by atoms with van der Waals surface area (Å²) in [7, 11) is 0. The molecule has 0 radical (unpaired) electrons. The minimum atomic E-state index is 0.585. The third kappa shape index (κ3) is 6.53. The summed E-state index contributed by atoms with van der Waals surface area (Å²) >= 11 is 0. The lowest BCUT2D eigenvalue weighted by molar-refractivity contribution is 0.334. The summed E-state index contributed by atoms with van der Waals surface area (Å²) in [4.78, 5) is 0. The second-order valence-corrected chi connectivity index (χ2v) is 6.05. The van der Waals surface area contributed by atoms with Crippen LogP contribution >= 0.6 is 0 Å². The average Bonchev–Trinajstić information content (AvgIpc) is 2.48. The minimum absolute atomic E-state index is 0.585. The van der Waals surface area contributed by atoms with Crippen LogP contribution in [0.1, 0.15) is 53.4 Å². The SMILES string of the molecule is CCC1CNC(CC)CNC(CC)CNC(CC)CN1. The first kappa shape index (κ1) is 17.9. The van der Waals surface area contributed by atoms with Crippen LogP contribution in [-0.4, -0.2) is 50.3 Å². The van der Waals surface area contributed by atoms with Crippen LogP contribution in [0.25, 0.3) is 0 Å². The Labute approximate surface area is 125 Å². The fourth-order valence-corrected chi connectivity index (χ4v) is 2.68. The largest absolute Gasteiger partial charge is 0.311 e. The van der Waals surface area contributed by atoms with Gasteiger partial charge in [-0.1, -0.05) is 27.7 Å². The molecule has 0 spiro atoms. The van der Waals surface area contributed by atoms with E-state index >= 15 is 0 Å². The van der Waals surface area contributed by atoms with E-state index in [4.69, 9.17) is 0 Å². The van der Waals surface area contributed by atoms with E-state index in [9.17, 15) is 0 Å². The van der Waals surface area contributed by atoms with E-state index in [0.29, 0.717) is 24.2 Å². The van der Waals surface area contributed by atoms with E-state index in [0.717, 1.165) is 26.2 Å². The standard InChI is InChI=1S/C16H36N4/c1-5-13-9-18-15(7-3)11-20-16(8-4)12-19-14(6-2)10-17-13/h13-20H,5-12H2,1-4H3. The topological polar surface area (TPSA) is 48.1 Å². The van der Waals surface area contributed by atoms with Gasteiger partial charge in [0.05, 0.1) is 0 Å². The van der Waals surface area contributed by atoms with Crippen LogP contribution in [0, 0.1) is 0 Å². The zero-order valence-electron chi connectivity index (χ0n) is 14.0. The smallest absolute Gasteiger partial charge is 0.0190 e. The normalized spacial score (nSPS) is 34.2. The van der Waals surface area contributed by atoms with Crippen LogP contribution in [0.4, 0.5) is 0 Å². The molecule has 4 N–H and O–H groups in total. The Hall–Kier alpha value is -0.160. The summed E-state index contributed by atoms with van der Waals surface area (Å²) in [5.41, 5.74) is 0. The maximum atomic E-state index is 3.72. The molecular formula is C16H36N4. The molecule has 0 amide bonds. The van der Waals surface area contributed by atoms with Gasteiger partial charge < -0.3 is 21.3 Å². The lowest BCUT2D eigenvalue weighted by Gasteiger charge is -2.29. The van der Waals surface area contributed by atoms with Crippen molar-refractivity contribution in [2.75, 3.05) is 26.2 Å². The van der Waals surface area contributed by atoms with Gasteiger partial charge in [-0.15, -0.1) is 0 Å². The third-order valence-electron chi connectivity index (χ3n) is 4.58. The van der Waals surface area contributed by atoms with E-state index in [1.54, 1.807) is 0 Å². The van der Waals surface area contributed by atoms with Crippen molar-refractivity contribution >= 4 is 0 Å². The zero-order valence-corrected chi connectivity index (χ0v) is 14.0. The van der Waals surface area contributed by atoms with Crippen LogP contribution in [0.5, 0.6) is 0 Å². The molecule has 0 aromatic rings. The van der Waals surface area contributed by atoms with Crippen molar-refractivity contribution in [2.24, 2.45) is 0 Å². The number of rotatable bonds is 4. The molecule has 120 valence electrons. The summed E-state index contributed by atoms with van der Waals surface area (Å²) in [6.45, 7) is 13.4. The van der Waals surface area contributed by atoms with Gasteiger partial charge in [-0.3, -0.25) is 0 Å². The Morgan fingerprint density at radius 3 is 0.850 bits per heavy atom. The fourth-order valence-electron chi connectivity index (χ4n) is 2.68. The highest BCUT2D eigenvalue weighted by Gasteiger charge is 2.16. The van der Waals surface area contributed by atoms with Crippen molar-refractivity contribution in [2.45, 2.75) is 77.5 Å². The van der Waals surface area contributed by atoms with Gasteiger partial charge in [0, 0.05) is 50.3 Å². The van der Waals surface area contributed by atoms with Crippen LogP contribution in [0.2, 0.25) is 0 Å². The molecule has 4 heteroatoms. The molecule has 0 saturated carbocycles. The van der Waals surface area contributed by atoms with Crippen LogP contribution in [0.3, 0.4) is 0 Å². The van der Waals surface area contributed by atoms with Gasteiger partial charge in [-0.05, 0) is 25.7 Å². The van der Waals surface area contributed by atoms with Crippen molar-refractivity contribution < 1.29 is 0 Å². The van der Waals surface area contributed by atoms with Crippen LogP contribution in [-0.2, 0) is 0 Å². The lowest BCUT2D eigenvalue weighted by Crippen LogP contribution is -2.53. The highest BCUT2D eigenvalue weighted by atomic mass is 15.1. The van der Waals surface area contributed by atoms with Gasteiger partial charge in [0.2, 0.25) is 0 Å². The Morgan fingerprint density at radius 1 is 0.500 bits per heavy atom. The van der Waals surface area contributed by atoms with Crippen molar-refractivity contribution in [1.82, 2.24) is 21.3 Å². The Kier molecular flexibility index (Phi) is 9.44. The zero-order chi connectivity index (χ0) is 14.8. The van der Waals surface area contributed by atoms with E-state index in [2.05, 4.69) is 49.0 Å². The van der Waals surface area contributed by atoms with Crippen molar-refractivity contribution in [3.63, 3.8) is 0 Å². The van der Waals surface area contributed by atoms with E-state index in [1.807, 2.05) is 0 Å². The molecular weight excluding hydrogens is 248 g/mol. The van der Waals surface area contributed by atoms with Gasteiger partial charge in [0.1, 0.15) is 0 Å². The maximum Gasteiger partial charge on any atom is 0.0190 e. The number of hydrogen-bond acceptors (Lipinski definition) is 4. The molecule has 1 aliphatic rings. The molecule has 20 heavy (non-hydrogen) atoms. The second-order valence-electron chi connectivity index (χ2n) is 6.05. The van der Waals surface area contributed by atoms with Gasteiger partial charge in [0.25, 0.3) is 0 Å². The van der Waals surface area contributed by atoms with Crippen molar-refractivity contribution in [3.8, 4) is 0 Å². The molecule has 1 heterocycles. The summed E-state index contributed by atoms with van der Waals surface area (Å²) in [6, 6.07) is 2.34. The Balaban J connectivity index is 2.58. The number of hydrogen-bond donors (Lipinski definition) is 4. The van der Waals surface area contributed by atoms with E-state index < -0.39 is 0 Å². The molecule has 4 nitrogen and oxygen atoms in total. The first-order chi connectivity index (χ1) is 9.73. The van der Waals surface area contributed by atoms with Crippen molar-refractivity contribution in [3.05, 3.63) is 0 Å². The average molecular weight is 284 g/mol. The summed E-state index contributed by atoms with van der Waals surface area (Å²) < 4.78 is 0. The van der Waals surface area contributed by atoms with Gasteiger partial charge in [-0.2, -0.15) is 0 Å². The summed E-state index contributed by atoms with van der Waals surface area (Å²) in [5.74, 6) is 0. The molecule has 1 saturated heterocycles. The molecule has 0 aliphatic carbocycles. The quantitative estimate of drug-likeness (QED) is 0.631. The van der Waals surface area contributed by atoms with Gasteiger partial charge in [-0.25, -0.2) is 0 Å². The molecule has 4 atom stereocenters. The van der Waals surface area contributed by atoms with E-state index in [-0.39, 0.29) is 0 Å². The lowest BCUT2D eigenvalue weighted by atomic mass is 10.1. The van der Waals surface area contributed by atoms with Gasteiger partial charge in [0.15, 0.2) is 0 Å². The molecule has 4 unspecified atom stereocenters. The van der Waals surface area contributed by atoms with Crippen LogP contribution in [0.15, 0.2) is 0 Å². The highest BCUT2D eigenvalue weighted by molar-refractivity contribution is 4.81. The molecule has 1 aliphatic heterocycles. The Morgan fingerprint density at radius 2 is 0.700 bits per heavy atom. The highest BCUT2D eigenvalue weighted by Crippen LogP contribution is 2.00. The number of nitrogens with one attached hydrogen (secondary N) is 4. The molecule has 0 aromatic carbocycles. The van der Waals surface area contributed by atoms with Gasteiger partial charge >= 0.3 is 0 Å². The van der Waals surface area contributed by atoms with Crippen LogP contribution < -0.4 is 21.3 Å². The maximum absolute atomic E-state index is 3.72. The Bertz CT molecular complexity index is 171. The molecule has 0 bridgehead atoms. The van der Waals surface area contributed by atoms with E-state index in [1.165, 1.54) is 25.7 Å². The summed E-state index contributed by atoms with van der Waals surface area (Å²) in [6.07, 6.45) is 4.74. The fraction of sp³-hybridized carbons (Fsp3) is 1.00. The molecule has 1 rings (SSSR count). The third-order valence-corrected chi connectivity index (χ3v) is 4.58. The predicted molar refractivity (Wildman–Crippen MR) is 88.3 cm³/mol. The predicted octanol–water partition coefficient (Wildman–Crippen LogP) is 1.47. The minimum Gasteiger partial charge on any atom is -0.311 e. The first-order valence-electron chi connectivity index (χ1n) is 8.66.